The van der Waals surface area contributed by atoms with Crippen molar-refractivity contribution in [3.8, 4) is 0 Å². The number of halogens is 2. The Labute approximate surface area is 93.5 Å². The lowest BCUT2D eigenvalue weighted by Gasteiger charge is -2.21. The number of rotatable bonds is 3. The smallest absolute Gasteiger partial charge is 0.262 e. The van der Waals surface area contributed by atoms with Gasteiger partial charge in [0.25, 0.3) is 5.92 Å². The van der Waals surface area contributed by atoms with Crippen molar-refractivity contribution in [3.63, 3.8) is 0 Å². The van der Waals surface area contributed by atoms with Crippen molar-refractivity contribution in [2.24, 2.45) is 0 Å². The molecule has 0 spiro atoms. The fraction of sp³-hybridized carbons (Fsp3) is 0.500. The Morgan fingerprint density at radius 2 is 2.00 bits per heavy atom. The van der Waals surface area contributed by atoms with E-state index in [2.05, 4.69) is 0 Å². The molecule has 1 aromatic carbocycles. The van der Waals surface area contributed by atoms with Crippen LogP contribution in [0.2, 0.25) is 0 Å². The maximum absolute atomic E-state index is 13.2. The van der Waals surface area contributed by atoms with Gasteiger partial charge in [-0.05, 0) is 5.56 Å². The van der Waals surface area contributed by atoms with Crippen LogP contribution in [0.3, 0.4) is 0 Å². The Bertz CT molecular complexity index is 342. The van der Waals surface area contributed by atoms with E-state index in [1.807, 2.05) is 30.3 Å². The number of likely N-dealkylation sites (tertiary alicyclic amines) is 1. The monoisotopic (exact) mass is 227 g/mol. The standard InChI is InChI=1S/C12H15F2NO/c13-12(14)6-11(8-16)15(9-12)7-10-4-2-1-3-5-10/h1-5,11,16H,6-9H2/t11-/m1/s1. The van der Waals surface area contributed by atoms with Crippen LogP contribution in [-0.2, 0) is 6.54 Å². The van der Waals surface area contributed by atoms with Gasteiger partial charge in [-0.2, -0.15) is 0 Å². The number of nitrogens with zero attached hydrogens (tertiary/aromatic N) is 1. The topological polar surface area (TPSA) is 23.5 Å². The van der Waals surface area contributed by atoms with Crippen LogP contribution in [0.4, 0.5) is 8.78 Å². The molecule has 2 rings (SSSR count). The van der Waals surface area contributed by atoms with Gasteiger partial charge in [-0.15, -0.1) is 0 Å². The van der Waals surface area contributed by atoms with Crippen LogP contribution < -0.4 is 0 Å². The fourth-order valence-electron chi connectivity index (χ4n) is 2.15. The molecule has 0 aliphatic carbocycles. The first-order valence-corrected chi connectivity index (χ1v) is 5.37. The van der Waals surface area contributed by atoms with E-state index in [1.165, 1.54) is 0 Å². The first kappa shape index (κ1) is 11.5. The molecule has 1 atom stereocenters. The summed E-state index contributed by atoms with van der Waals surface area (Å²) in [4.78, 5) is 1.65. The molecule has 0 amide bonds. The largest absolute Gasteiger partial charge is 0.395 e. The normalized spacial score (nSPS) is 24.8. The third-order valence-corrected chi connectivity index (χ3v) is 2.92. The van der Waals surface area contributed by atoms with Gasteiger partial charge in [0.05, 0.1) is 13.2 Å². The summed E-state index contributed by atoms with van der Waals surface area (Å²) in [6.07, 6.45) is -0.240. The lowest BCUT2D eigenvalue weighted by atomic mass is 10.2. The van der Waals surface area contributed by atoms with Crippen molar-refractivity contribution in [3.05, 3.63) is 35.9 Å². The van der Waals surface area contributed by atoms with Crippen molar-refractivity contribution < 1.29 is 13.9 Å². The van der Waals surface area contributed by atoms with Crippen molar-refractivity contribution in [2.75, 3.05) is 13.2 Å². The highest BCUT2D eigenvalue weighted by Crippen LogP contribution is 2.32. The molecule has 1 fully saturated rings. The number of hydrogen-bond acceptors (Lipinski definition) is 2. The molecule has 1 aliphatic heterocycles. The second kappa shape index (κ2) is 4.47. The Hall–Kier alpha value is -1.00. The van der Waals surface area contributed by atoms with E-state index in [-0.39, 0.29) is 19.6 Å². The van der Waals surface area contributed by atoms with Crippen LogP contribution in [0.15, 0.2) is 30.3 Å². The summed E-state index contributed by atoms with van der Waals surface area (Å²) in [5.41, 5.74) is 0.999. The molecule has 88 valence electrons. The highest BCUT2D eigenvalue weighted by Gasteiger charge is 2.44. The lowest BCUT2D eigenvalue weighted by molar-refractivity contribution is 0.0112. The number of alkyl halides is 2. The summed E-state index contributed by atoms with van der Waals surface area (Å²) < 4.78 is 26.4. The minimum Gasteiger partial charge on any atom is -0.395 e. The average molecular weight is 227 g/mol. The summed E-state index contributed by atoms with van der Waals surface area (Å²) in [6.45, 7) is 0.0111. The van der Waals surface area contributed by atoms with Gasteiger partial charge in [0.1, 0.15) is 0 Å². The maximum Gasteiger partial charge on any atom is 0.262 e. The van der Waals surface area contributed by atoms with E-state index >= 15 is 0 Å². The minimum atomic E-state index is -2.66. The Kier molecular flexibility index (Phi) is 3.21. The van der Waals surface area contributed by atoms with E-state index in [9.17, 15) is 8.78 Å². The third-order valence-electron chi connectivity index (χ3n) is 2.92. The van der Waals surface area contributed by atoms with Crippen molar-refractivity contribution in [1.29, 1.82) is 0 Å². The SMILES string of the molecule is OC[C@H]1CC(F)(F)CN1Cc1ccccc1. The van der Waals surface area contributed by atoms with Crippen LogP contribution in [0.1, 0.15) is 12.0 Å². The van der Waals surface area contributed by atoms with Crippen molar-refractivity contribution in [1.82, 2.24) is 4.90 Å². The Balaban J connectivity index is 2.04. The lowest BCUT2D eigenvalue weighted by Crippen LogP contribution is -2.32. The number of benzene rings is 1. The zero-order valence-electron chi connectivity index (χ0n) is 8.94. The molecular weight excluding hydrogens is 212 g/mol. The van der Waals surface area contributed by atoms with Crippen molar-refractivity contribution >= 4 is 0 Å². The van der Waals surface area contributed by atoms with E-state index in [1.54, 1.807) is 4.90 Å². The number of hydrogen-bond donors (Lipinski definition) is 1. The molecule has 1 aliphatic rings. The van der Waals surface area contributed by atoms with Gasteiger partial charge in [0.2, 0.25) is 0 Å². The third kappa shape index (κ3) is 2.57. The highest BCUT2D eigenvalue weighted by atomic mass is 19.3. The van der Waals surface area contributed by atoms with Crippen LogP contribution in [0, 0.1) is 0 Å². The molecule has 1 saturated heterocycles. The Morgan fingerprint density at radius 1 is 1.31 bits per heavy atom. The molecule has 0 unspecified atom stereocenters. The molecular formula is C12H15F2NO. The Morgan fingerprint density at radius 3 is 2.62 bits per heavy atom. The van der Waals surface area contributed by atoms with Gasteiger partial charge >= 0.3 is 0 Å². The molecule has 1 aromatic rings. The zero-order chi connectivity index (χ0) is 11.6. The molecule has 16 heavy (non-hydrogen) atoms. The summed E-state index contributed by atoms with van der Waals surface area (Å²) in [6, 6.07) is 9.06. The van der Waals surface area contributed by atoms with Gasteiger partial charge in [-0.25, -0.2) is 8.78 Å². The minimum absolute atomic E-state index is 0.206. The summed E-state index contributed by atoms with van der Waals surface area (Å²) in [5, 5.41) is 9.07. The molecule has 2 nitrogen and oxygen atoms in total. The average Bonchev–Trinajstić information content (AvgIpc) is 2.54. The summed E-state index contributed by atoms with van der Waals surface area (Å²) in [7, 11) is 0. The van der Waals surface area contributed by atoms with Crippen LogP contribution >= 0.6 is 0 Å². The van der Waals surface area contributed by atoms with Gasteiger partial charge in [0, 0.05) is 19.0 Å². The maximum atomic E-state index is 13.2. The van der Waals surface area contributed by atoms with E-state index in [4.69, 9.17) is 5.11 Å². The van der Waals surface area contributed by atoms with Gasteiger partial charge in [-0.3, -0.25) is 4.90 Å². The molecule has 0 bridgehead atoms. The highest BCUT2D eigenvalue weighted by molar-refractivity contribution is 5.15. The van der Waals surface area contributed by atoms with E-state index < -0.39 is 12.0 Å². The summed E-state index contributed by atoms with van der Waals surface area (Å²) >= 11 is 0. The first-order chi connectivity index (χ1) is 7.61. The quantitative estimate of drug-likeness (QED) is 0.852. The second-order valence-corrected chi connectivity index (χ2v) is 4.29. The molecule has 1 N–H and O–H groups in total. The molecule has 0 radical (unpaired) electrons. The number of aliphatic hydroxyl groups is 1. The molecule has 0 aromatic heterocycles. The van der Waals surface area contributed by atoms with Crippen LogP contribution in [-0.4, -0.2) is 35.1 Å². The van der Waals surface area contributed by atoms with Crippen LogP contribution in [0.25, 0.3) is 0 Å². The molecule has 1 heterocycles. The zero-order valence-corrected chi connectivity index (χ0v) is 8.94. The van der Waals surface area contributed by atoms with Crippen LogP contribution in [0.5, 0.6) is 0 Å². The van der Waals surface area contributed by atoms with Gasteiger partial charge < -0.3 is 5.11 Å². The van der Waals surface area contributed by atoms with E-state index in [0.717, 1.165) is 5.56 Å². The predicted octanol–water partition coefficient (Wildman–Crippen LogP) is 1.89. The summed E-state index contributed by atoms with van der Waals surface area (Å²) in [5.74, 6) is -2.66. The fourth-order valence-corrected chi connectivity index (χ4v) is 2.15. The predicted molar refractivity (Wildman–Crippen MR) is 57.3 cm³/mol. The molecule has 4 heteroatoms. The number of aliphatic hydroxyl groups excluding tert-OH is 1. The van der Waals surface area contributed by atoms with Gasteiger partial charge in [0.15, 0.2) is 0 Å². The van der Waals surface area contributed by atoms with Crippen molar-refractivity contribution in [2.45, 2.75) is 24.9 Å². The first-order valence-electron chi connectivity index (χ1n) is 5.37. The second-order valence-electron chi connectivity index (χ2n) is 4.29. The van der Waals surface area contributed by atoms with Gasteiger partial charge in [-0.1, -0.05) is 30.3 Å². The van der Waals surface area contributed by atoms with E-state index in [0.29, 0.717) is 6.54 Å². The molecule has 0 saturated carbocycles.